The van der Waals surface area contributed by atoms with Crippen LogP contribution in [0.4, 0.5) is 15.8 Å². The van der Waals surface area contributed by atoms with E-state index < -0.39 is 21.6 Å². The van der Waals surface area contributed by atoms with Gasteiger partial charge in [0.25, 0.3) is 0 Å². The molecule has 0 radical (unpaired) electrons. The number of fused-ring (bicyclic) bond motifs is 1. The lowest BCUT2D eigenvalue weighted by molar-refractivity contribution is -0.118. The highest BCUT2D eigenvalue weighted by atomic mass is 32.2. The van der Waals surface area contributed by atoms with Crippen molar-refractivity contribution in [2.45, 2.75) is 30.1 Å². The molecule has 1 unspecified atom stereocenters. The Bertz CT molecular complexity index is 1070. The molecule has 2 aromatic carbocycles. The minimum Gasteiger partial charge on any atom is -0.326 e. The first-order valence-corrected chi connectivity index (χ1v) is 11.7. The van der Waals surface area contributed by atoms with Gasteiger partial charge in [0, 0.05) is 28.7 Å². The summed E-state index contributed by atoms with van der Waals surface area (Å²) in [5.41, 5.74) is 1.46. The van der Waals surface area contributed by atoms with Crippen LogP contribution >= 0.6 is 11.8 Å². The molecule has 3 rings (SSSR count). The Balaban J connectivity index is 1.69. The van der Waals surface area contributed by atoms with Gasteiger partial charge in [-0.3, -0.25) is 9.59 Å². The van der Waals surface area contributed by atoms with E-state index in [0.29, 0.717) is 22.7 Å². The molecule has 2 aromatic rings. The number of rotatable bonds is 5. The van der Waals surface area contributed by atoms with Crippen LogP contribution in [0.2, 0.25) is 0 Å². The molecule has 1 atom stereocenters. The summed E-state index contributed by atoms with van der Waals surface area (Å²) in [6.07, 6.45) is -0.242. The summed E-state index contributed by atoms with van der Waals surface area (Å²) in [7, 11) is -3.72. The van der Waals surface area contributed by atoms with Crippen LogP contribution in [-0.4, -0.2) is 31.7 Å². The van der Waals surface area contributed by atoms with Crippen molar-refractivity contribution in [1.29, 1.82) is 0 Å². The molecular weight excluding hydrogens is 415 g/mol. The van der Waals surface area contributed by atoms with Crippen LogP contribution in [0.1, 0.15) is 18.9 Å². The monoisotopic (exact) mass is 436 g/mol. The highest BCUT2D eigenvalue weighted by molar-refractivity contribution is 7.99. The molecule has 1 heterocycles. The van der Waals surface area contributed by atoms with Crippen LogP contribution < -0.4 is 10.6 Å². The van der Waals surface area contributed by atoms with E-state index in [2.05, 4.69) is 10.6 Å². The van der Waals surface area contributed by atoms with Gasteiger partial charge in [0.1, 0.15) is 5.82 Å². The Morgan fingerprint density at radius 1 is 1.28 bits per heavy atom. The van der Waals surface area contributed by atoms with Crippen LogP contribution in [0, 0.1) is 18.7 Å². The molecule has 0 saturated carbocycles. The van der Waals surface area contributed by atoms with E-state index in [1.807, 2.05) is 6.92 Å². The van der Waals surface area contributed by atoms with E-state index in [0.717, 1.165) is 4.90 Å². The van der Waals surface area contributed by atoms with Gasteiger partial charge in [-0.25, -0.2) is 12.8 Å². The van der Waals surface area contributed by atoms with Crippen LogP contribution in [-0.2, 0) is 19.4 Å². The fourth-order valence-electron chi connectivity index (χ4n) is 2.80. The lowest BCUT2D eigenvalue weighted by Crippen LogP contribution is -2.20. The molecule has 1 aliphatic rings. The van der Waals surface area contributed by atoms with Crippen molar-refractivity contribution in [3.8, 4) is 0 Å². The first kappa shape index (κ1) is 21.3. The minimum absolute atomic E-state index is 0.0532. The number of nitrogens with one attached hydrogen (secondary N) is 2. The maximum Gasteiger partial charge on any atom is 0.228 e. The van der Waals surface area contributed by atoms with Crippen molar-refractivity contribution in [3.63, 3.8) is 0 Å². The third-order valence-corrected chi connectivity index (χ3v) is 7.61. The largest absolute Gasteiger partial charge is 0.326 e. The smallest absolute Gasteiger partial charge is 0.228 e. The van der Waals surface area contributed by atoms with Gasteiger partial charge in [-0.15, -0.1) is 11.8 Å². The molecule has 0 spiro atoms. The fraction of sp³-hybridized carbons (Fsp3) is 0.300. The highest BCUT2D eigenvalue weighted by Gasteiger charge is 2.23. The first-order valence-electron chi connectivity index (χ1n) is 9.02. The van der Waals surface area contributed by atoms with Crippen LogP contribution in [0.25, 0.3) is 0 Å². The van der Waals surface area contributed by atoms with E-state index in [9.17, 15) is 22.4 Å². The number of anilines is 2. The van der Waals surface area contributed by atoms with E-state index in [4.69, 9.17) is 0 Å². The molecule has 2 N–H and O–H groups in total. The SMILES string of the molecule is Cc1cc(F)ccc1NC(=O)CCS(=O)(=O)c1ccc2c(c1)NC(=O)C(C)CS2. The van der Waals surface area contributed by atoms with Gasteiger partial charge in [-0.1, -0.05) is 6.92 Å². The van der Waals surface area contributed by atoms with Gasteiger partial charge >= 0.3 is 0 Å². The van der Waals surface area contributed by atoms with Crippen LogP contribution in [0.5, 0.6) is 0 Å². The molecular formula is C20H21FN2O4S2. The fourth-order valence-corrected chi connectivity index (χ4v) is 5.07. The zero-order valence-electron chi connectivity index (χ0n) is 16.0. The van der Waals surface area contributed by atoms with Crippen molar-refractivity contribution >= 4 is 44.8 Å². The van der Waals surface area contributed by atoms with Crippen LogP contribution in [0.3, 0.4) is 0 Å². The predicted molar refractivity (Wildman–Crippen MR) is 111 cm³/mol. The summed E-state index contributed by atoms with van der Waals surface area (Å²) < 4.78 is 38.5. The van der Waals surface area contributed by atoms with E-state index in [1.165, 1.54) is 42.1 Å². The summed E-state index contributed by atoms with van der Waals surface area (Å²) in [6, 6.07) is 8.55. The van der Waals surface area contributed by atoms with Gasteiger partial charge < -0.3 is 10.6 Å². The number of aryl methyl sites for hydroxylation is 1. The van der Waals surface area contributed by atoms with Crippen molar-refractivity contribution in [2.24, 2.45) is 5.92 Å². The third kappa shape index (κ3) is 5.16. The van der Waals surface area contributed by atoms with Gasteiger partial charge in [-0.05, 0) is 48.9 Å². The number of halogens is 1. The van der Waals surface area contributed by atoms with Crippen molar-refractivity contribution in [3.05, 3.63) is 47.8 Å². The number of benzene rings is 2. The highest BCUT2D eigenvalue weighted by Crippen LogP contribution is 2.34. The summed E-state index contributed by atoms with van der Waals surface area (Å²) in [5, 5.41) is 5.36. The Hall–Kier alpha value is -2.39. The second-order valence-electron chi connectivity index (χ2n) is 6.94. The Morgan fingerprint density at radius 3 is 2.76 bits per heavy atom. The average molecular weight is 437 g/mol. The van der Waals surface area contributed by atoms with Crippen molar-refractivity contribution in [1.82, 2.24) is 0 Å². The Morgan fingerprint density at radius 2 is 2.03 bits per heavy atom. The zero-order valence-corrected chi connectivity index (χ0v) is 17.6. The molecule has 154 valence electrons. The van der Waals surface area contributed by atoms with Crippen molar-refractivity contribution in [2.75, 3.05) is 22.1 Å². The zero-order chi connectivity index (χ0) is 21.2. The normalized spacial score (nSPS) is 16.5. The van der Waals surface area contributed by atoms with Crippen LogP contribution in [0.15, 0.2) is 46.2 Å². The Labute approximate surface area is 173 Å². The molecule has 0 aromatic heterocycles. The number of carbonyl (C=O) groups is 2. The number of carbonyl (C=O) groups excluding carboxylic acids is 2. The van der Waals surface area contributed by atoms with Crippen molar-refractivity contribution < 1.29 is 22.4 Å². The minimum atomic E-state index is -3.72. The molecule has 0 aliphatic carbocycles. The van der Waals surface area contributed by atoms with Gasteiger partial charge in [0.05, 0.1) is 16.3 Å². The summed E-state index contributed by atoms with van der Waals surface area (Å²) in [6.45, 7) is 3.46. The van der Waals surface area contributed by atoms with E-state index in [1.54, 1.807) is 13.0 Å². The third-order valence-electron chi connectivity index (χ3n) is 4.56. The average Bonchev–Trinajstić information content (AvgIpc) is 2.80. The van der Waals surface area contributed by atoms with E-state index in [-0.39, 0.29) is 28.9 Å². The Kier molecular flexibility index (Phi) is 6.28. The second kappa shape index (κ2) is 8.54. The number of amides is 2. The summed E-state index contributed by atoms with van der Waals surface area (Å²) >= 11 is 1.49. The second-order valence-corrected chi connectivity index (χ2v) is 10.1. The summed E-state index contributed by atoms with van der Waals surface area (Å²) in [5.74, 6) is -0.976. The number of sulfone groups is 1. The maximum atomic E-state index is 13.1. The molecule has 2 amide bonds. The topological polar surface area (TPSA) is 92.3 Å². The molecule has 0 saturated heterocycles. The summed E-state index contributed by atoms with van der Waals surface area (Å²) in [4.78, 5) is 25.0. The molecule has 9 heteroatoms. The van der Waals surface area contributed by atoms with E-state index >= 15 is 0 Å². The standard InChI is InChI=1S/C20H21FN2O4S2/c1-12-9-14(21)3-5-16(12)22-19(24)7-8-29(26,27)15-4-6-18-17(10-15)23-20(25)13(2)11-28-18/h3-6,9-10,13H,7-8,11H2,1-2H3,(H,22,24)(H,23,25). The quantitative estimate of drug-likeness (QED) is 0.747. The first-order chi connectivity index (χ1) is 13.7. The predicted octanol–water partition coefficient (Wildman–Crippen LogP) is 3.62. The lowest BCUT2D eigenvalue weighted by atomic mass is 10.2. The van der Waals surface area contributed by atoms with Gasteiger partial charge in [0.15, 0.2) is 9.84 Å². The maximum absolute atomic E-state index is 13.1. The molecule has 29 heavy (non-hydrogen) atoms. The number of hydrogen-bond donors (Lipinski definition) is 2. The molecule has 6 nitrogen and oxygen atoms in total. The molecule has 0 bridgehead atoms. The number of thioether (sulfide) groups is 1. The van der Waals surface area contributed by atoms with Gasteiger partial charge in [0.2, 0.25) is 11.8 Å². The van der Waals surface area contributed by atoms with Gasteiger partial charge in [-0.2, -0.15) is 0 Å². The molecule has 0 fully saturated rings. The lowest BCUT2D eigenvalue weighted by Gasteiger charge is -2.11. The number of hydrogen-bond acceptors (Lipinski definition) is 5. The molecule has 1 aliphatic heterocycles.